The number of fused-ring (bicyclic) bond motifs is 1. The zero-order chi connectivity index (χ0) is 18.7. The molecule has 0 amide bonds. The van der Waals surface area contributed by atoms with Crippen molar-refractivity contribution in [2.24, 2.45) is 5.92 Å². The second-order valence-electron chi connectivity index (χ2n) is 7.76. The standard InChI is InChI=1S/C25H32O2/c26-25(17-6-4-2-1-3-5-11-21-18-19-21)27-20-10-15-23-14-9-13-22-12-7-8-16-24(22)23/h7-10,12-16,21H,1-6,11,17-20H2. The summed E-state index contributed by atoms with van der Waals surface area (Å²) in [6.45, 7) is 0.350. The lowest BCUT2D eigenvalue weighted by Crippen LogP contribution is -2.03. The van der Waals surface area contributed by atoms with E-state index in [1.165, 1.54) is 55.7 Å². The smallest absolute Gasteiger partial charge is 0.306 e. The number of carbonyl (C=O) groups is 1. The van der Waals surface area contributed by atoms with Gasteiger partial charge in [-0.2, -0.15) is 0 Å². The zero-order valence-corrected chi connectivity index (χ0v) is 16.4. The van der Waals surface area contributed by atoms with Gasteiger partial charge < -0.3 is 4.74 Å². The second-order valence-corrected chi connectivity index (χ2v) is 7.76. The summed E-state index contributed by atoms with van der Waals surface area (Å²) in [4.78, 5) is 11.8. The predicted molar refractivity (Wildman–Crippen MR) is 114 cm³/mol. The average molecular weight is 365 g/mol. The lowest BCUT2D eigenvalue weighted by molar-refractivity contribution is -0.142. The van der Waals surface area contributed by atoms with E-state index in [4.69, 9.17) is 4.74 Å². The van der Waals surface area contributed by atoms with Gasteiger partial charge >= 0.3 is 5.97 Å². The Labute approximate surface area is 163 Å². The van der Waals surface area contributed by atoms with E-state index in [2.05, 4.69) is 30.3 Å². The Morgan fingerprint density at radius 2 is 1.67 bits per heavy atom. The molecule has 1 fully saturated rings. The van der Waals surface area contributed by atoms with E-state index in [0.717, 1.165) is 24.3 Å². The van der Waals surface area contributed by atoms with Crippen molar-refractivity contribution in [3.05, 3.63) is 54.1 Å². The quantitative estimate of drug-likeness (QED) is 0.301. The van der Waals surface area contributed by atoms with Gasteiger partial charge in [-0.15, -0.1) is 0 Å². The van der Waals surface area contributed by atoms with Crippen LogP contribution in [0.3, 0.4) is 0 Å². The van der Waals surface area contributed by atoms with Gasteiger partial charge in [-0.05, 0) is 34.8 Å². The van der Waals surface area contributed by atoms with E-state index in [-0.39, 0.29) is 5.97 Å². The van der Waals surface area contributed by atoms with Gasteiger partial charge in [0.05, 0.1) is 0 Å². The van der Waals surface area contributed by atoms with E-state index in [0.29, 0.717) is 13.0 Å². The van der Waals surface area contributed by atoms with Crippen LogP contribution in [-0.4, -0.2) is 12.6 Å². The van der Waals surface area contributed by atoms with Gasteiger partial charge in [0.2, 0.25) is 0 Å². The fraction of sp³-hybridized carbons (Fsp3) is 0.480. The minimum atomic E-state index is -0.0775. The fourth-order valence-corrected chi connectivity index (χ4v) is 3.60. The Balaban J connectivity index is 1.25. The summed E-state index contributed by atoms with van der Waals surface area (Å²) in [5, 5.41) is 2.45. The van der Waals surface area contributed by atoms with Crippen LogP contribution in [0.15, 0.2) is 48.5 Å². The molecule has 0 unspecified atom stereocenters. The van der Waals surface area contributed by atoms with Crippen LogP contribution < -0.4 is 0 Å². The average Bonchev–Trinajstić information content (AvgIpc) is 3.52. The molecule has 0 heterocycles. The highest BCUT2D eigenvalue weighted by Gasteiger charge is 2.19. The monoisotopic (exact) mass is 364 g/mol. The van der Waals surface area contributed by atoms with E-state index < -0.39 is 0 Å². The van der Waals surface area contributed by atoms with E-state index in [1.54, 1.807) is 0 Å². The normalized spacial score (nSPS) is 14.1. The minimum absolute atomic E-state index is 0.0775. The van der Waals surface area contributed by atoms with Crippen LogP contribution in [0.1, 0.15) is 69.8 Å². The van der Waals surface area contributed by atoms with Crippen molar-refractivity contribution < 1.29 is 9.53 Å². The number of rotatable bonds is 12. The van der Waals surface area contributed by atoms with Crippen molar-refractivity contribution in [1.29, 1.82) is 0 Å². The van der Waals surface area contributed by atoms with Crippen LogP contribution >= 0.6 is 0 Å². The largest absolute Gasteiger partial charge is 0.461 e. The van der Waals surface area contributed by atoms with Gasteiger partial charge in [0, 0.05) is 6.42 Å². The van der Waals surface area contributed by atoms with Crippen molar-refractivity contribution in [2.45, 2.75) is 64.2 Å². The van der Waals surface area contributed by atoms with Crippen LogP contribution in [-0.2, 0) is 9.53 Å². The summed E-state index contributed by atoms with van der Waals surface area (Å²) < 4.78 is 5.33. The molecule has 2 heteroatoms. The van der Waals surface area contributed by atoms with Gasteiger partial charge in [-0.25, -0.2) is 0 Å². The molecule has 0 atom stereocenters. The summed E-state index contributed by atoms with van der Waals surface area (Å²) >= 11 is 0. The molecule has 3 rings (SSSR count). The molecule has 0 saturated heterocycles. The lowest BCUT2D eigenvalue weighted by atomic mass is 10.0. The van der Waals surface area contributed by atoms with Crippen molar-refractivity contribution in [3.63, 3.8) is 0 Å². The Bertz CT molecular complexity index is 738. The number of ether oxygens (including phenoxy) is 1. The molecule has 2 nitrogen and oxygen atoms in total. The van der Waals surface area contributed by atoms with Crippen molar-refractivity contribution in [3.8, 4) is 0 Å². The van der Waals surface area contributed by atoms with Gasteiger partial charge in [-0.1, -0.05) is 99.9 Å². The number of carbonyl (C=O) groups excluding carboxylic acids is 1. The third-order valence-electron chi connectivity index (χ3n) is 5.40. The molecule has 2 aromatic rings. The molecular weight excluding hydrogens is 332 g/mol. The first-order valence-corrected chi connectivity index (χ1v) is 10.6. The lowest BCUT2D eigenvalue weighted by Gasteiger charge is -2.04. The first kappa shape index (κ1) is 19.7. The third-order valence-corrected chi connectivity index (χ3v) is 5.40. The Morgan fingerprint density at radius 3 is 2.52 bits per heavy atom. The Morgan fingerprint density at radius 1 is 0.926 bits per heavy atom. The summed E-state index contributed by atoms with van der Waals surface area (Å²) in [5.74, 6) is 0.987. The molecular formula is C25H32O2. The van der Waals surface area contributed by atoms with Crippen LogP contribution in [0, 0.1) is 5.92 Å². The molecule has 0 aromatic heterocycles. The molecule has 0 N–H and O–H groups in total. The van der Waals surface area contributed by atoms with Gasteiger partial charge in [0.25, 0.3) is 0 Å². The highest BCUT2D eigenvalue weighted by molar-refractivity contribution is 5.90. The maximum atomic E-state index is 11.8. The van der Waals surface area contributed by atoms with Crippen LogP contribution in [0.25, 0.3) is 16.8 Å². The molecule has 144 valence electrons. The van der Waals surface area contributed by atoms with Gasteiger partial charge in [0.1, 0.15) is 6.61 Å². The molecule has 0 aliphatic heterocycles. The highest BCUT2D eigenvalue weighted by Crippen LogP contribution is 2.34. The summed E-state index contributed by atoms with van der Waals surface area (Å²) in [7, 11) is 0. The maximum Gasteiger partial charge on any atom is 0.306 e. The van der Waals surface area contributed by atoms with Crippen molar-refractivity contribution >= 4 is 22.8 Å². The number of benzene rings is 2. The molecule has 0 spiro atoms. The summed E-state index contributed by atoms with van der Waals surface area (Å²) in [6, 6.07) is 14.6. The summed E-state index contributed by atoms with van der Waals surface area (Å²) in [5.41, 5.74) is 1.16. The van der Waals surface area contributed by atoms with Gasteiger partial charge in [0.15, 0.2) is 0 Å². The predicted octanol–water partition coefficient (Wildman–Crippen LogP) is 6.93. The number of esters is 1. The third kappa shape index (κ3) is 7.21. The van der Waals surface area contributed by atoms with Crippen LogP contribution in [0.2, 0.25) is 0 Å². The fourth-order valence-electron chi connectivity index (χ4n) is 3.60. The van der Waals surface area contributed by atoms with E-state index in [9.17, 15) is 4.79 Å². The molecule has 0 radical (unpaired) electrons. The molecule has 27 heavy (non-hydrogen) atoms. The van der Waals surface area contributed by atoms with Crippen molar-refractivity contribution in [2.75, 3.05) is 6.61 Å². The number of hydrogen-bond donors (Lipinski definition) is 0. The van der Waals surface area contributed by atoms with Crippen molar-refractivity contribution in [1.82, 2.24) is 0 Å². The molecule has 2 aromatic carbocycles. The van der Waals surface area contributed by atoms with Gasteiger partial charge in [-0.3, -0.25) is 4.79 Å². The van der Waals surface area contributed by atoms with Crippen LogP contribution in [0.5, 0.6) is 0 Å². The SMILES string of the molecule is O=C(CCCCCCCCC1CC1)OCC=Cc1cccc2ccccc12. The van der Waals surface area contributed by atoms with E-state index >= 15 is 0 Å². The molecule has 0 bridgehead atoms. The van der Waals surface area contributed by atoms with Crippen LogP contribution in [0.4, 0.5) is 0 Å². The number of unbranched alkanes of at least 4 members (excludes halogenated alkanes) is 5. The maximum absolute atomic E-state index is 11.8. The molecule has 1 aliphatic carbocycles. The zero-order valence-electron chi connectivity index (χ0n) is 16.4. The Hall–Kier alpha value is -2.09. The molecule has 1 saturated carbocycles. The van der Waals surface area contributed by atoms with E-state index in [1.807, 2.05) is 24.3 Å². The second kappa shape index (κ2) is 10.9. The molecule has 1 aliphatic rings. The first-order valence-electron chi connectivity index (χ1n) is 10.6. The Kier molecular flexibility index (Phi) is 7.95. The topological polar surface area (TPSA) is 26.3 Å². The first-order chi connectivity index (χ1) is 13.3. The highest BCUT2D eigenvalue weighted by atomic mass is 16.5. The number of hydrogen-bond acceptors (Lipinski definition) is 2. The minimum Gasteiger partial charge on any atom is -0.461 e. The summed E-state index contributed by atoms with van der Waals surface area (Å²) in [6.07, 6.45) is 16.3.